The number of halogens is 2. The molecule has 0 bridgehead atoms. The number of hydrogen-bond donors (Lipinski definition) is 0. The highest BCUT2D eigenvalue weighted by molar-refractivity contribution is 5.19. The first-order valence-corrected chi connectivity index (χ1v) is 3.23. The van der Waals surface area contributed by atoms with Gasteiger partial charge in [-0.2, -0.15) is 7.05 Å². The lowest BCUT2D eigenvalue weighted by Crippen LogP contribution is -1.87. The minimum atomic E-state index is -0.815. The second-order valence-corrected chi connectivity index (χ2v) is 2.22. The topological polar surface area (TPSA) is 14.1 Å². The Balaban J connectivity index is 2.86. The van der Waals surface area contributed by atoms with Gasteiger partial charge in [-0.15, -0.1) is 6.54 Å². The number of hydrogen-bond acceptors (Lipinski definition) is 0. The summed E-state index contributed by atoms with van der Waals surface area (Å²) in [6.45, 7) is 0.428. The van der Waals surface area contributed by atoms with Crippen LogP contribution in [0.5, 0.6) is 0 Å². The van der Waals surface area contributed by atoms with Crippen LogP contribution in [0.25, 0.3) is 5.32 Å². The monoisotopic (exact) mass is 156 g/mol. The van der Waals surface area contributed by atoms with Crippen molar-refractivity contribution in [3.05, 3.63) is 40.7 Å². The molecule has 0 fully saturated rings. The zero-order valence-corrected chi connectivity index (χ0v) is 6.14. The highest BCUT2D eigenvalue weighted by Crippen LogP contribution is 2.10. The van der Waals surface area contributed by atoms with Crippen LogP contribution in [0, 0.1) is 11.6 Å². The van der Waals surface area contributed by atoms with Crippen molar-refractivity contribution < 1.29 is 8.78 Å². The summed E-state index contributed by atoms with van der Waals surface area (Å²) in [6, 6.07) is 3.78. The van der Waals surface area contributed by atoms with Crippen LogP contribution in [-0.2, 0) is 6.54 Å². The first-order valence-electron chi connectivity index (χ1n) is 3.23. The van der Waals surface area contributed by atoms with E-state index in [1.54, 1.807) is 7.05 Å². The lowest BCUT2D eigenvalue weighted by molar-refractivity contribution is 0.507. The first-order chi connectivity index (χ1) is 5.24. The lowest BCUT2D eigenvalue weighted by Gasteiger charge is -2.10. The maximum absolute atomic E-state index is 12.5. The van der Waals surface area contributed by atoms with Gasteiger partial charge in [-0.3, -0.25) is 0 Å². The van der Waals surface area contributed by atoms with E-state index >= 15 is 0 Å². The minimum Gasteiger partial charge on any atom is -0.661 e. The van der Waals surface area contributed by atoms with Crippen molar-refractivity contribution in [2.75, 3.05) is 7.05 Å². The molecule has 0 aliphatic carbocycles. The number of benzene rings is 1. The van der Waals surface area contributed by atoms with Gasteiger partial charge < -0.3 is 5.32 Å². The molecule has 0 saturated carbocycles. The van der Waals surface area contributed by atoms with Gasteiger partial charge in [0.05, 0.1) is 0 Å². The van der Waals surface area contributed by atoms with Gasteiger partial charge >= 0.3 is 0 Å². The largest absolute Gasteiger partial charge is 0.661 e. The molecule has 1 rings (SSSR count). The van der Waals surface area contributed by atoms with Gasteiger partial charge in [0.2, 0.25) is 0 Å². The maximum Gasteiger partial charge on any atom is 0.159 e. The maximum atomic E-state index is 12.5. The number of rotatable bonds is 2. The van der Waals surface area contributed by atoms with Crippen molar-refractivity contribution in [1.29, 1.82) is 0 Å². The fourth-order valence-corrected chi connectivity index (χ4v) is 0.821. The molecule has 0 aliphatic heterocycles. The molecule has 1 aromatic rings. The SMILES string of the molecule is C[N-]Cc1ccc(F)c(F)c1. The summed E-state index contributed by atoms with van der Waals surface area (Å²) in [7, 11) is 1.63. The zero-order chi connectivity index (χ0) is 8.27. The smallest absolute Gasteiger partial charge is 0.159 e. The molecule has 11 heavy (non-hydrogen) atoms. The molecule has 0 N–H and O–H groups in total. The van der Waals surface area contributed by atoms with Crippen LogP contribution < -0.4 is 0 Å². The van der Waals surface area contributed by atoms with Crippen LogP contribution in [0.1, 0.15) is 5.56 Å². The summed E-state index contributed by atoms with van der Waals surface area (Å²) in [5.74, 6) is -1.63. The van der Waals surface area contributed by atoms with Crippen molar-refractivity contribution in [2.45, 2.75) is 6.54 Å². The summed E-state index contributed by atoms with van der Waals surface area (Å²) in [6.07, 6.45) is 0. The fraction of sp³-hybridized carbons (Fsp3) is 0.250. The van der Waals surface area contributed by atoms with Gasteiger partial charge in [0, 0.05) is 0 Å². The normalized spacial score (nSPS) is 10.1. The summed E-state index contributed by atoms with van der Waals surface area (Å²) in [5, 5.41) is 3.79. The third-order valence-electron chi connectivity index (χ3n) is 1.32. The van der Waals surface area contributed by atoms with Crippen molar-refractivity contribution in [1.82, 2.24) is 0 Å². The van der Waals surface area contributed by atoms with Crippen LogP contribution in [0.15, 0.2) is 18.2 Å². The Morgan fingerprint density at radius 3 is 2.55 bits per heavy atom. The summed E-state index contributed by atoms with van der Waals surface area (Å²) in [4.78, 5) is 0. The van der Waals surface area contributed by atoms with Crippen LogP contribution in [0.2, 0.25) is 0 Å². The van der Waals surface area contributed by atoms with E-state index in [2.05, 4.69) is 5.32 Å². The average Bonchev–Trinajstić information content (AvgIpc) is 1.98. The third kappa shape index (κ3) is 1.98. The van der Waals surface area contributed by atoms with E-state index in [1.807, 2.05) is 0 Å². The molecule has 0 aliphatic rings. The van der Waals surface area contributed by atoms with Gasteiger partial charge in [0.1, 0.15) is 0 Å². The van der Waals surface area contributed by atoms with E-state index in [0.29, 0.717) is 12.1 Å². The standard InChI is InChI=1S/C8H8F2N/c1-11-5-6-2-3-7(9)8(10)4-6/h2-4H,5H2,1H3/q-1. The molecule has 1 nitrogen and oxygen atoms in total. The van der Waals surface area contributed by atoms with Gasteiger partial charge in [0.25, 0.3) is 0 Å². The van der Waals surface area contributed by atoms with Crippen molar-refractivity contribution in [2.24, 2.45) is 0 Å². The Labute approximate surface area is 64.0 Å². The Morgan fingerprint density at radius 2 is 2.00 bits per heavy atom. The van der Waals surface area contributed by atoms with Crippen LogP contribution in [0.4, 0.5) is 8.78 Å². The Kier molecular flexibility index (Phi) is 2.54. The number of nitrogens with zero attached hydrogens (tertiary/aromatic N) is 1. The molecule has 0 amide bonds. The van der Waals surface area contributed by atoms with E-state index in [4.69, 9.17) is 0 Å². The van der Waals surface area contributed by atoms with Crippen LogP contribution in [0.3, 0.4) is 0 Å². The fourth-order valence-electron chi connectivity index (χ4n) is 0.821. The van der Waals surface area contributed by atoms with E-state index in [0.717, 1.165) is 12.1 Å². The Morgan fingerprint density at radius 1 is 1.27 bits per heavy atom. The van der Waals surface area contributed by atoms with E-state index in [1.165, 1.54) is 6.07 Å². The summed E-state index contributed by atoms with van der Waals surface area (Å²) < 4.78 is 24.8. The van der Waals surface area contributed by atoms with Crippen LogP contribution in [-0.4, -0.2) is 7.05 Å². The predicted octanol–water partition coefficient (Wildman–Crippen LogP) is 2.47. The quantitative estimate of drug-likeness (QED) is 0.624. The second-order valence-electron chi connectivity index (χ2n) is 2.22. The molecular weight excluding hydrogens is 148 g/mol. The summed E-state index contributed by atoms with van der Waals surface area (Å²) >= 11 is 0. The zero-order valence-electron chi connectivity index (χ0n) is 6.14. The van der Waals surface area contributed by atoms with Crippen molar-refractivity contribution in [3.8, 4) is 0 Å². The molecular formula is C8H8F2N-. The van der Waals surface area contributed by atoms with E-state index < -0.39 is 11.6 Å². The lowest BCUT2D eigenvalue weighted by atomic mass is 10.2. The highest BCUT2D eigenvalue weighted by atomic mass is 19.2. The van der Waals surface area contributed by atoms with Crippen molar-refractivity contribution >= 4 is 0 Å². The van der Waals surface area contributed by atoms with E-state index in [9.17, 15) is 8.78 Å². The van der Waals surface area contributed by atoms with Crippen LogP contribution >= 0.6 is 0 Å². The molecule has 1 aromatic carbocycles. The molecule has 3 heteroatoms. The second kappa shape index (κ2) is 3.44. The predicted molar refractivity (Wildman–Crippen MR) is 39.3 cm³/mol. The first kappa shape index (κ1) is 8.14. The van der Waals surface area contributed by atoms with Gasteiger partial charge in [-0.25, -0.2) is 8.78 Å². The molecule has 0 aromatic heterocycles. The van der Waals surface area contributed by atoms with Gasteiger partial charge in [-0.05, 0) is 12.1 Å². The van der Waals surface area contributed by atoms with E-state index in [-0.39, 0.29) is 0 Å². The molecule has 0 radical (unpaired) electrons. The molecule has 0 atom stereocenters. The Hall–Kier alpha value is -0.960. The Bertz CT molecular complexity index is 248. The summed E-state index contributed by atoms with van der Waals surface area (Å²) in [5.41, 5.74) is 0.686. The van der Waals surface area contributed by atoms with Gasteiger partial charge in [0.15, 0.2) is 11.6 Å². The molecule has 0 saturated heterocycles. The van der Waals surface area contributed by atoms with Crippen molar-refractivity contribution in [3.63, 3.8) is 0 Å². The molecule has 0 unspecified atom stereocenters. The third-order valence-corrected chi connectivity index (χ3v) is 1.32. The molecule has 60 valence electrons. The minimum absolute atomic E-state index is 0.428. The molecule has 0 spiro atoms. The van der Waals surface area contributed by atoms with Gasteiger partial charge in [-0.1, -0.05) is 11.6 Å². The highest BCUT2D eigenvalue weighted by Gasteiger charge is 1.98. The average molecular weight is 156 g/mol. The molecule has 0 heterocycles.